The highest BCUT2D eigenvalue weighted by Crippen LogP contribution is 2.27. The van der Waals surface area contributed by atoms with Crippen LogP contribution in [-0.2, 0) is 6.42 Å². The van der Waals surface area contributed by atoms with Crippen LogP contribution in [0.1, 0.15) is 28.3 Å². The summed E-state index contributed by atoms with van der Waals surface area (Å²) in [4.78, 5) is 0. The van der Waals surface area contributed by atoms with Gasteiger partial charge < -0.3 is 0 Å². The zero-order chi connectivity index (χ0) is 14.7. The largest absolute Gasteiger partial charge is 0.271 e. The van der Waals surface area contributed by atoms with Crippen LogP contribution >= 0.6 is 11.6 Å². The monoisotopic (exact) mass is 292 g/mol. The third-order valence-electron chi connectivity index (χ3n) is 3.46. The van der Waals surface area contributed by atoms with E-state index in [1.54, 1.807) is 6.07 Å². The van der Waals surface area contributed by atoms with E-state index in [1.165, 1.54) is 12.1 Å². The summed E-state index contributed by atoms with van der Waals surface area (Å²) in [6.07, 6.45) is 0.658. The van der Waals surface area contributed by atoms with Gasteiger partial charge in [0.2, 0.25) is 0 Å². The summed E-state index contributed by atoms with van der Waals surface area (Å²) < 4.78 is 13.1. The second-order valence-corrected chi connectivity index (χ2v) is 5.43. The van der Waals surface area contributed by atoms with Crippen LogP contribution in [-0.4, -0.2) is 0 Å². The third-order valence-corrected chi connectivity index (χ3v) is 3.79. The van der Waals surface area contributed by atoms with Crippen LogP contribution in [0.2, 0.25) is 5.02 Å². The molecule has 106 valence electrons. The van der Waals surface area contributed by atoms with E-state index in [0.717, 1.165) is 22.3 Å². The molecule has 2 rings (SSSR count). The zero-order valence-electron chi connectivity index (χ0n) is 11.6. The van der Waals surface area contributed by atoms with Crippen molar-refractivity contribution in [1.29, 1.82) is 0 Å². The molecule has 0 aliphatic rings. The van der Waals surface area contributed by atoms with Crippen molar-refractivity contribution in [2.45, 2.75) is 26.3 Å². The Morgan fingerprint density at radius 1 is 1.20 bits per heavy atom. The number of benzene rings is 2. The molecule has 3 N–H and O–H groups in total. The highest BCUT2D eigenvalue weighted by Gasteiger charge is 2.15. The molecule has 0 saturated carbocycles. The molecule has 0 amide bonds. The molecule has 4 heteroatoms. The minimum absolute atomic E-state index is 0.104. The van der Waals surface area contributed by atoms with Gasteiger partial charge in [0, 0.05) is 5.02 Å². The Morgan fingerprint density at radius 3 is 2.55 bits per heavy atom. The van der Waals surface area contributed by atoms with Gasteiger partial charge in [-0.1, -0.05) is 29.8 Å². The lowest BCUT2D eigenvalue weighted by molar-refractivity contribution is 0.549. The fourth-order valence-corrected chi connectivity index (χ4v) is 2.65. The number of nitrogens with one attached hydrogen (secondary N) is 1. The van der Waals surface area contributed by atoms with Crippen LogP contribution in [0.15, 0.2) is 36.4 Å². The summed E-state index contributed by atoms with van der Waals surface area (Å²) in [7, 11) is 0. The van der Waals surface area contributed by atoms with Gasteiger partial charge >= 0.3 is 0 Å². The average Bonchev–Trinajstić information content (AvgIpc) is 2.39. The minimum atomic E-state index is -0.225. The molecule has 1 unspecified atom stereocenters. The molecule has 2 aromatic carbocycles. The van der Waals surface area contributed by atoms with E-state index in [2.05, 4.69) is 5.43 Å². The molecule has 0 spiro atoms. The second kappa shape index (κ2) is 6.35. The SMILES string of the molecule is Cc1ccc(C(Cc2ccc(F)cc2C)NN)c(Cl)c1. The number of nitrogens with two attached hydrogens (primary N) is 1. The van der Waals surface area contributed by atoms with Gasteiger partial charge in [0.25, 0.3) is 0 Å². The van der Waals surface area contributed by atoms with Crippen LogP contribution in [0.4, 0.5) is 4.39 Å². The van der Waals surface area contributed by atoms with E-state index >= 15 is 0 Å². The molecule has 0 bridgehead atoms. The van der Waals surface area contributed by atoms with Crippen molar-refractivity contribution in [3.8, 4) is 0 Å². The van der Waals surface area contributed by atoms with E-state index in [-0.39, 0.29) is 11.9 Å². The van der Waals surface area contributed by atoms with Crippen LogP contribution in [0.5, 0.6) is 0 Å². The first-order valence-electron chi connectivity index (χ1n) is 6.48. The van der Waals surface area contributed by atoms with E-state index in [9.17, 15) is 4.39 Å². The summed E-state index contributed by atoms with van der Waals surface area (Å²) >= 11 is 6.28. The van der Waals surface area contributed by atoms with Crippen molar-refractivity contribution in [2.24, 2.45) is 5.84 Å². The fraction of sp³-hybridized carbons (Fsp3) is 0.250. The first-order valence-corrected chi connectivity index (χ1v) is 6.86. The Balaban J connectivity index is 2.28. The Hall–Kier alpha value is -1.42. The number of rotatable bonds is 4. The van der Waals surface area contributed by atoms with Gasteiger partial charge in [0.05, 0.1) is 6.04 Å². The van der Waals surface area contributed by atoms with Gasteiger partial charge in [-0.05, 0) is 60.7 Å². The molecule has 20 heavy (non-hydrogen) atoms. The zero-order valence-corrected chi connectivity index (χ0v) is 12.3. The normalized spacial score (nSPS) is 12.4. The van der Waals surface area contributed by atoms with Gasteiger partial charge in [-0.15, -0.1) is 0 Å². The quantitative estimate of drug-likeness (QED) is 0.664. The number of hydrazine groups is 1. The Bertz CT molecular complexity index is 613. The fourth-order valence-electron chi connectivity index (χ4n) is 2.28. The van der Waals surface area contributed by atoms with Gasteiger partial charge in [0.15, 0.2) is 0 Å². The molecule has 0 aliphatic heterocycles. The lowest BCUT2D eigenvalue weighted by atomic mass is 9.96. The molecule has 0 fully saturated rings. The molecule has 0 heterocycles. The highest BCUT2D eigenvalue weighted by atomic mass is 35.5. The van der Waals surface area contributed by atoms with Crippen molar-refractivity contribution in [3.63, 3.8) is 0 Å². The first kappa shape index (κ1) is 15.0. The van der Waals surface area contributed by atoms with Gasteiger partial charge in [-0.2, -0.15) is 0 Å². The lowest BCUT2D eigenvalue weighted by Gasteiger charge is -2.19. The summed E-state index contributed by atoms with van der Waals surface area (Å²) in [5.74, 6) is 5.43. The van der Waals surface area contributed by atoms with E-state index < -0.39 is 0 Å². The summed E-state index contributed by atoms with van der Waals surface area (Å²) in [5, 5.41) is 0.688. The van der Waals surface area contributed by atoms with Crippen LogP contribution in [0.3, 0.4) is 0 Å². The molecular weight excluding hydrogens is 275 g/mol. The summed E-state index contributed by atoms with van der Waals surface area (Å²) in [5.41, 5.74) is 6.80. The molecule has 2 aromatic rings. The van der Waals surface area contributed by atoms with Crippen molar-refractivity contribution >= 4 is 11.6 Å². The van der Waals surface area contributed by atoms with E-state index in [1.807, 2.05) is 32.0 Å². The van der Waals surface area contributed by atoms with E-state index in [0.29, 0.717) is 11.4 Å². The first-order chi connectivity index (χ1) is 9.51. The lowest BCUT2D eigenvalue weighted by Crippen LogP contribution is -2.30. The number of hydrogen-bond donors (Lipinski definition) is 2. The Labute approximate surface area is 123 Å². The number of halogens is 2. The van der Waals surface area contributed by atoms with Crippen LogP contribution in [0, 0.1) is 19.7 Å². The molecule has 1 atom stereocenters. The van der Waals surface area contributed by atoms with Crippen LogP contribution < -0.4 is 11.3 Å². The van der Waals surface area contributed by atoms with E-state index in [4.69, 9.17) is 17.4 Å². The van der Waals surface area contributed by atoms with Crippen LogP contribution in [0.25, 0.3) is 0 Å². The van der Waals surface area contributed by atoms with Crippen molar-refractivity contribution in [1.82, 2.24) is 5.43 Å². The number of aryl methyl sites for hydroxylation is 2. The summed E-state index contributed by atoms with van der Waals surface area (Å²) in [6.45, 7) is 3.88. The Morgan fingerprint density at radius 2 is 1.95 bits per heavy atom. The standard InChI is InChI=1S/C16H18ClFN2/c1-10-3-6-14(15(17)7-10)16(20-19)9-12-4-5-13(18)8-11(12)2/h3-8,16,20H,9,19H2,1-2H3. The molecule has 0 aromatic heterocycles. The van der Waals surface area contributed by atoms with Crippen molar-refractivity contribution in [2.75, 3.05) is 0 Å². The highest BCUT2D eigenvalue weighted by molar-refractivity contribution is 6.31. The topological polar surface area (TPSA) is 38.0 Å². The summed E-state index contributed by atoms with van der Waals surface area (Å²) in [6, 6.07) is 10.6. The van der Waals surface area contributed by atoms with Gasteiger partial charge in [-0.3, -0.25) is 11.3 Å². The maximum Gasteiger partial charge on any atom is 0.123 e. The molecule has 0 aliphatic carbocycles. The number of hydrogen-bond acceptors (Lipinski definition) is 2. The predicted octanol–water partition coefficient (Wildman–Crippen LogP) is 3.84. The average molecular weight is 293 g/mol. The molecule has 0 radical (unpaired) electrons. The van der Waals surface area contributed by atoms with Gasteiger partial charge in [-0.25, -0.2) is 4.39 Å². The van der Waals surface area contributed by atoms with Crippen molar-refractivity contribution in [3.05, 3.63) is 69.5 Å². The smallest absolute Gasteiger partial charge is 0.123 e. The molecular formula is C16H18ClFN2. The minimum Gasteiger partial charge on any atom is -0.271 e. The maximum absolute atomic E-state index is 13.1. The molecule has 0 saturated heterocycles. The van der Waals surface area contributed by atoms with Gasteiger partial charge in [0.1, 0.15) is 5.82 Å². The van der Waals surface area contributed by atoms with Crippen molar-refractivity contribution < 1.29 is 4.39 Å². The Kier molecular flexibility index (Phi) is 4.76. The maximum atomic E-state index is 13.1. The second-order valence-electron chi connectivity index (χ2n) is 5.02. The predicted molar refractivity (Wildman–Crippen MR) is 81.1 cm³/mol. The third kappa shape index (κ3) is 3.37. The molecule has 2 nitrogen and oxygen atoms in total.